The number of hydrogen-bond donors (Lipinski definition) is 1. The van der Waals surface area contributed by atoms with E-state index in [0.29, 0.717) is 5.92 Å². The van der Waals surface area contributed by atoms with Crippen LogP contribution in [0, 0.1) is 5.92 Å². The van der Waals surface area contributed by atoms with Crippen LogP contribution in [0.1, 0.15) is 26.5 Å². The number of hydrogen-bond acceptors (Lipinski definition) is 2. The van der Waals surface area contributed by atoms with Gasteiger partial charge in [0, 0.05) is 30.9 Å². The summed E-state index contributed by atoms with van der Waals surface area (Å²) < 4.78 is 2.05. The Kier molecular flexibility index (Phi) is 3.48. The maximum atomic E-state index is 5.74. The third-order valence-electron chi connectivity index (χ3n) is 1.87. The average Bonchev–Trinajstić information content (AvgIpc) is 2.34. The molecule has 1 heterocycles. The van der Waals surface area contributed by atoms with Crippen molar-refractivity contribution in [2.45, 2.75) is 39.8 Å². The highest BCUT2D eigenvalue weighted by Crippen LogP contribution is 2.05. The molecule has 0 aliphatic rings. The van der Waals surface area contributed by atoms with Gasteiger partial charge in [0.25, 0.3) is 0 Å². The van der Waals surface area contributed by atoms with Crippen LogP contribution in [0.4, 0.5) is 0 Å². The second-order valence-electron chi connectivity index (χ2n) is 4.08. The number of aromatic nitrogens is 2. The van der Waals surface area contributed by atoms with Gasteiger partial charge in [0.2, 0.25) is 0 Å². The molecule has 0 radical (unpaired) electrons. The van der Waals surface area contributed by atoms with E-state index in [2.05, 4.69) is 18.9 Å². The Labute approximate surface area is 79.9 Å². The lowest BCUT2D eigenvalue weighted by molar-refractivity contribution is 0.463. The molecule has 0 fully saturated rings. The topological polar surface area (TPSA) is 43.8 Å². The van der Waals surface area contributed by atoms with E-state index in [4.69, 9.17) is 5.73 Å². The van der Waals surface area contributed by atoms with Gasteiger partial charge in [-0.15, -0.1) is 0 Å². The Morgan fingerprint density at radius 2 is 2.15 bits per heavy atom. The molecular weight excluding hydrogens is 162 g/mol. The van der Waals surface area contributed by atoms with Gasteiger partial charge in [-0.2, -0.15) is 5.10 Å². The molecule has 1 aromatic rings. The summed E-state index contributed by atoms with van der Waals surface area (Å²) in [7, 11) is 0. The van der Waals surface area contributed by atoms with Crippen LogP contribution in [0.15, 0.2) is 12.3 Å². The minimum atomic E-state index is 0.211. The van der Waals surface area contributed by atoms with E-state index in [1.165, 1.54) is 5.69 Å². The lowest BCUT2D eigenvalue weighted by atomic mass is 10.2. The third-order valence-corrected chi connectivity index (χ3v) is 1.87. The highest BCUT2D eigenvalue weighted by molar-refractivity contribution is 5.02. The molecule has 1 atom stereocenters. The molecule has 0 aliphatic heterocycles. The molecule has 0 saturated carbocycles. The summed E-state index contributed by atoms with van der Waals surface area (Å²) in [6, 6.07) is 2.26. The molecule has 13 heavy (non-hydrogen) atoms. The predicted octanol–water partition coefficient (Wildman–Crippen LogP) is 1.43. The smallest absolute Gasteiger partial charge is 0.0492 e. The highest BCUT2D eigenvalue weighted by Gasteiger charge is 2.05. The molecule has 0 aromatic carbocycles. The molecule has 0 aliphatic carbocycles. The first-order valence-electron chi connectivity index (χ1n) is 4.86. The normalized spacial score (nSPS) is 13.6. The van der Waals surface area contributed by atoms with Crippen molar-refractivity contribution >= 4 is 0 Å². The monoisotopic (exact) mass is 181 g/mol. The molecule has 74 valence electrons. The van der Waals surface area contributed by atoms with Gasteiger partial charge < -0.3 is 5.73 Å². The van der Waals surface area contributed by atoms with Crippen molar-refractivity contribution < 1.29 is 0 Å². The van der Waals surface area contributed by atoms with Gasteiger partial charge in [0.1, 0.15) is 0 Å². The van der Waals surface area contributed by atoms with Crippen molar-refractivity contribution in [2.24, 2.45) is 11.7 Å². The molecule has 0 spiro atoms. The van der Waals surface area contributed by atoms with Gasteiger partial charge in [-0.25, -0.2) is 0 Å². The summed E-state index contributed by atoms with van der Waals surface area (Å²) in [5, 5.41) is 4.27. The Morgan fingerprint density at radius 3 is 2.69 bits per heavy atom. The van der Waals surface area contributed by atoms with Crippen LogP contribution < -0.4 is 5.73 Å². The zero-order valence-corrected chi connectivity index (χ0v) is 8.70. The van der Waals surface area contributed by atoms with Gasteiger partial charge in [0.15, 0.2) is 0 Å². The van der Waals surface area contributed by atoms with Crippen molar-refractivity contribution in [2.75, 3.05) is 0 Å². The summed E-state index contributed by atoms with van der Waals surface area (Å²) in [4.78, 5) is 0. The molecule has 1 rings (SSSR count). The molecule has 0 saturated heterocycles. The van der Waals surface area contributed by atoms with E-state index in [1.54, 1.807) is 0 Å². The van der Waals surface area contributed by atoms with Crippen molar-refractivity contribution in [1.82, 2.24) is 9.78 Å². The molecule has 0 amide bonds. The summed E-state index contributed by atoms with van der Waals surface area (Å²) >= 11 is 0. The number of nitrogens with two attached hydrogens (primary N) is 1. The molecule has 0 unspecified atom stereocenters. The summed E-state index contributed by atoms with van der Waals surface area (Å²) in [5.74, 6) is 0.631. The Balaban J connectivity index is 2.65. The lowest BCUT2D eigenvalue weighted by Gasteiger charge is -2.11. The van der Waals surface area contributed by atoms with E-state index in [9.17, 15) is 0 Å². The van der Waals surface area contributed by atoms with Crippen molar-refractivity contribution in [3.8, 4) is 0 Å². The fraction of sp³-hybridized carbons (Fsp3) is 0.700. The minimum Gasteiger partial charge on any atom is -0.328 e. The maximum Gasteiger partial charge on any atom is 0.0492 e. The second-order valence-corrected chi connectivity index (χ2v) is 4.08. The van der Waals surface area contributed by atoms with Gasteiger partial charge in [-0.1, -0.05) is 13.8 Å². The molecule has 0 bridgehead atoms. The highest BCUT2D eigenvalue weighted by atomic mass is 15.3. The van der Waals surface area contributed by atoms with Crippen LogP contribution in [0.25, 0.3) is 0 Å². The van der Waals surface area contributed by atoms with Gasteiger partial charge in [-0.05, 0) is 18.9 Å². The lowest BCUT2D eigenvalue weighted by Crippen LogP contribution is -2.21. The van der Waals surface area contributed by atoms with E-state index >= 15 is 0 Å². The maximum absolute atomic E-state index is 5.74. The number of rotatable bonds is 4. The standard InChI is InChI=1S/C10H19N3/c1-8(2)7-13-10(4-5-12-13)6-9(3)11/h4-5,8-9H,6-7,11H2,1-3H3/t9-/m1/s1. The van der Waals surface area contributed by atoms with E-state index in [1.807, 2.05) is 23.9 Å². The zero-order chi connectivity index (χ0) is 9.84. The first-order valence-corrected chi connectivity index (χ1v) is 4.86. The minimum absolute atomic E-state index is 0.211. The van der Waals surface area contributed by atoms with Crippen LogP contribution in [-0.2, 0) is 13.0 Å². The van der Waals surface area contributed by atoms with Crippen LogP contribution in [0.3, 0.4) is 0 Å². The van der Waals surface area contributed by atoms with Crippen LogP contribution in [0.2, 0.25) is 0 Å². The van der Waals surface area contributed by atoms with Gasteiger partial charge >= 0.3 is 0 Å². The Bertz CT molecular complexity index is 226. The fourth-order valence-electron chi connectivity index (χ4n) is 1.37. The SMILES string of the molecule is CC(C)Cn1nccc1C[C@@H](C)N. The summed E-state index contributed by atoms with van der Waals surface area (Å²) in [6.07, 6.45) is 2.76. The summed E-state index contributed by atoms with van der Waals surface area (Å²) in [5.41, 5.74) is 6.98. The van der Waals surface area contributed by atoms with E-state index < -0.39 is 0 Å². The van der Waals surface area contributed by atoms with Crippen molar-refractivity contribution in [1.29, 1.82) is 0 Å². The Hall–Kier alpha value is -0.830. The molecule has 3 nitrogen and oxygen atoms in total. The number of nitrogens with zero attached hydrogens (tertiary/aromatic N) is 2. The second kappa shape index (κ2) is 4.42. The first kappa shape index (κ1) is 10.3. The summed E-state index contributed by atoms with van der Waals surface area (Å²) in [6.45, 7) is 7.39. The quantitative estimate of drug-likeness (QED) is 0.763. The van der Waals surface area contributed by atoms with Gasteiger partial charge in [-0.3, -0.25) is 4.68 Å². The van der Waals surface area contributed by atoms with Crippen molar-refractivity contribution in [3.63, 3.8) is 0 Å². The predicted molar refractivity (Wildman–Crippen MR) is 54.4 cm³/mol. The average molecular weight is 181 g/mol. The molecule has 2 N–H and O–H groups in total. The molecule has 1 aromatic heterocycles. The zero-order valence-electron chi connectivity index (χ0n) is 8.70. The Morgan fingerprint density at radius 1 is 1.46 bits per heavy atom. The third kappa shape index (κ3) is 3.19. The van der Waals surface area contributed by atoms with E-state index in [-0.39, 0.29) is 6.04 Å². The van der Waals surface area contributed by atoms with Crippen LogP contribution in [-0.4, -0.2) is 15.8 Å². The van der Waals surface area contributed by atoms with E-state index in [0.717, 1.165) is 13.0 Å². The van der Waals surface area contributed by atoms with Gasteiger partial charge in [0.05, 0.1) is 0 Å². The first-order chi connectivity index (χ1) is 6.09. The van der Waals surface area contributed by atoms with Crippen molar-refractivity contribution in [3.05, 3.63) is 18.0 Å². The van der Waals surface area contributed by atoms with Crippen LogP contribution in [0.5, 0.6) is 0 Å². The largest absolute Gasteiger partial charge is 0.328 e. The fourth-order valence-corrected chi connectivity index (χ4v) is 1.37. The van der Waals surface area contributed by atoms with Crippen LogP contribution >= 0.6 is 0 Å². The molecule has 3 heteroatoms. The molecular formula is C10H19N3.